The third-order valence-corrected chi connectivity index (χ3v) is 6.05. The zero-order valence-corrected chi connectivity index (χ0v) is 19.1. The summed E-state index contributed by atoms with van der Waals surface area (Å²) in [5.41, 5.74) is 2.09. The minimum Gasteiger partial charge on any atom is -0.760 e. The van der Waals surface area contributed by atoms with Crippen LogP contribution in [0.1, 0.15) is 27.9 Å². The maximum atomic E-state index is 14.7. The quantitative estimate of drug-likeness (QED) is 0.163. The maximum Gasteiger partial charge on any atom is 0.197 e. The van der Waals surface area contributed by atoms with E-state index in [1.807, 2.05) is 30.3 Å². The number of aromatic nitrogens is 2. The van der Waals surface area contributed by atoms with E-state index in [-0.39, 0.29) is 35.5 Å². The van der Waals surface area contributed by atoms with Gasteiger partial charge in [-0.1, -0.05) is 41.9 Å². The molecule has 0 aliphatic heterocycles. The highest BCUT2D eigenvalue weighted by molar-refractivity contribution is 7.77. The number of hydrogen-bond acceptors (Lipinski definition) is 5. The Balaban J connectivity index is 1.68. The molecule has 0 aliphatic rings. The largest absolute Gasteiger partial charge is 0.760 e. The van der Waals surface area contributed by atoms with Gasteiger partial charge in [-0.2, -0.15) is 0 Å². The third-order valence-electron chi connectivity index (χ3n) is 5.18. The van der Waals surface area contributed by atoms with Crippen molar-refractivity contribution in [1.29, 1.82) is 0 Å². The molecule has 0 saturated heterocycles. The van der Waals surface area contributed by atoms with E-state index >= 15 is 0 Å². The molecule has 0 saturated carbocycles. The molecule has 0 radical (unpaired) electrons. The number of halogens is 3. The van der Waals surface area contributed by atoms with Crippen molar-refractivity contribution in [1.82, 2.24) is 14.7 Å². The van der Waals surface area contributed by atoms with Gasteiger partial charge in [0.05, 0.1) is 33.5 Å². The van der Waals surface area contributed by atoms with Crippen LogP contribution >= 0.6 is 11.6 Å². The molecule has 0 fully saturated rings. The van der Waals surface area contributed by atoms with Gasteiger partial charge in [0, 0.05) is 28.9 Å². The molecule has 0 aliphatic carbocycles. The van der Waals surface area contributed by atoms with Crippen molar-refractivity contribution in [3.05, 3.63) is 94.1 Å². The summed E-state index contributed by atoms with van der Waals surface area (Å²) in [5.74, 6) is -3.35. The summed E-state index contributed by atoms with van der Waals surface area (Å²) < 4.78 is 52.3. The highest BCUT2D eigenvalue weighted by Crippen LogP contribution is 2.30. The first-order chi connectivity index (χ1) is 16.3. The van der Waals surface area contributed by atoms with Crippen LogP contribution in [0.5, 0.6) is 0 Å². The Morgan fingerprint density at radius 3 is 2.59 bits per heavy atom. The van der Waals surface area contributed by atoms with E-state index in [9.17, 15) is 22.3 Å². The van der Waals surface area contributed by atoms with Gasteiger partial charge in [0.2, 0.25) is 0 Å². The molecule has 6 nitrogen and oxygen atoms in total. The molecule has 0 amide bonds. The first-order valence-electron chi connectivity index (χ1n) is 10.2. The highest BCUT2D eigenvalue weighted by atomic mass is 35.5. The van der Waals surface area contributed by atoms with Crippen LogP contribution in [-0.2, 0) is 17.7 Å². The van der Waals surface area contributed by atoms with Gasteiger partial charge in [-0.3, -0.25) is 14.0 Å². The molecule has 1 unspecified atom stereocenters. The lowest BCUT2D eigenvalue weighted by Gasteiger charge is -2.12. The normalized spacial score (nSPS) is 12.1. The second kappa shape index (κ2) is 10.4. The van der Waals surface area contributed by atoms with E-state index < -0.39 is 34.2 Å². The first kappa shape index (κ1) is 24.0. The molecule has 10 heteroatoms. The molecule has 1 N–H and O–H groups in total. The number of carbonyl (C=O) groups is 1. The molecule has 4 aromatic rings. The Morgan fingerprint density at radius 1 is 1.09 bits per heavy atom. The number of nitrogens with one attached hydrogen (secondary N) is 1. The van der Waals surface area contributed by atoms with E-state index in [0.717, 1.165) is 11.6 Å². The van der Waals surface area contributed by atoms with Crippen molar-refractivity contribution >= 4 is 39.7 Å². The van der Waals surface area contributed by atoms with Crippen molar-refractivity contribution in [2.24, 2.45) is 0 Å². The molecule has 1 aromatic heterocycles. The van der Waals surface area contributed by atoms with Gasteiger partial charge < -0.3 is 4.55 Å². The molecule has 1 heterocycles. The van der Waals surface area contributed by atoms with E-state index in [1.54, 1.807) is 12.3 Å². The number of aryl methyl sites for hydroxylation is 1. The number of benzene rings is 3. The zero-order valence-electron chi connectivity index (χ0n) is 17.6. The summed E-state index contributed by atoms with van der Waals surface area (Å²) in [7, 11) is 0. The molecule has 34 heavy (non-hydrogen) atoms. The van der Waals surface area contributed by atoms with Gasteiger partial charge in [0.15, 0.2) is 17.4 Å². The molecule has 0 bridgehead atoms. The predicted octanol–water partition coefficient (Wildman–Crippen LogP) is 4.78. The lowest BCUT2D eigenvalue weighted by molar-refractivity contribution is 0.103. The van der Waals surface area contributed by atoms with E-state index in [0.29, 0.717) is 16.7 Å². The third kappa shape index (κ3) is 5.18. The van der Waals surface area contributed by atoms with Gasteiger partial charge in [-0.15, -0.1) is 0 Å². The zero-order chi connectivity index (χ0) is 24.2. The first-order valence-corrected chi connectivity index (χ1v) is 11.7. The summed E-state index contributed by atoms with van der Waals surface area (Å²) in [4.78, 5) is 22.1. The summed E-state index contributed by atoms with van der Waals surface area (Å²) in [6.07, 6.45) is 2.04. The van der Waals surface area contributed by atoms with Crippen LogP contribution < -0.4 is 4.72 Å². The van der Waals surface area contributed by atoms with Crippen molar-refractivity contribution in [2.45, 2.75) is 12.8 Å². The van der Waals surface area contributed by atoms with E-state index in [2.05, 4.69) is 14.7 Å². The number of hydrogen-bond donors (Lipinski definition) is 1. The van der Waals surface area contributed by atoms with Crippen LogP contribution in [0.4, 0.5) is 8.78 Å². The number of fused-ring (bicyclic) bond motifs is 1. The standard InChI is InChI=1S/C24H18ClF2N3O3S/c25-22-15(7-4-10-29-34(32)33)11-17(26)23(27)21(22)24(31)16-8-9-18-19(12-16)30-20(13-28-18)14-5-2-1-3-6-14/h1-3,5-6,8-9,11-13,29H,4,7,10H2,(H,32,33)/p-1. The maximum absolute atomic E-state index is 14.7. The molecular formula is C24H17ClF2N3O3S-. The number of rotatable bonds is 8. The van der Waals surface area contributed by atoms with Crippen LogP contribution in [0.2, 0.25) is 5.02 Å². The van der Waals surface area contributed by atoms with Gasteiger partial charge in [-0.05, 0) is 42.7 Å². The average Bonchev–Trinajstić information content (AvgIpc) is 2.84. The second-order valence-corrected chi connectivity index (χ2v) is 8.54. The van der Waals surface area contributed by atoms with Crippen LogP contribution in [-0.4, -0.2) is 31.1 Å². The lowest BCUT2D eigenvalue weighted by Crippen LogP contribution is -2.18. The fourth-order valence-electron chi connectivity index (χ4n) is 3.52. The van der Waals surface area contributed by atoms with Gasteiger partial charge in [-0.25, -0.2) is 18.5 Å². The van der Waals surface area contributed by atoms with Gasteiger partial charge >= 0.3 is 0 Å². The smallest absolute Gasteiger partial charge is 0.197 e. The molecule has 174 valence electrons. The summed E-state index contributed by atoms with van der Waals surface area (Å²) >= 11 is 3.87. The fraction of sp³-hybridized carbons (Fsp3) is 0.125. The Kier molecular flexibility index (Phi) is 7.38. The molecular weight excluding hydrogens is 484 g/mol. The Labute approximate surface area is 201 Å². The number of ketones is 1. The van der Waals surface area contributed by atoms with Crippen molar-refractivity contribution in [3.63, 3.8) is 0 Å². The highest BCUT2D eigenvalue weighted by Gasteiger charge is 2.24. The minimum atomic E-state index is -2.43. The predicted molar refractivity (Wildman–Crippen MR) is 125 cm³/mol. The topological polar surface area (TPSA) is 95.0 Å². The second-order valence-electron chi connectivity index (χ2n) is 7.41. The van der Waals surface area contributed by atoms with Crippen LogP contribution in [0.3, 0.4) is 0 Å². The van der Waals surface area contributed by atoms with Gasteiger partial charge in [0.25, 0.3) is 0 Å². The van der Waals surface area contributed by atoms with Gasteiger partial charge in [0.1, 0.15) is 0 Å². The summed E-state index contributed by atoms with van der Waals surface area (Å²) in [6.45, 7) is 0.0851. The van der Waals surface area contributed by atoms with E-state index in [4.69, 9.17) is 11.6 Å². The Morgan fingerprint density at radius 2 is 1.85 bits per heavy atom. The Hall–Kier alpha value is -3.11. The van der Waals surface area contributed by atoms with Crippen molar-refractivity contribution < 1.29 is 22.3 Å². The fourth-order valence-corrected chi connectivity index (χ4v) is 4.15. The van der Waals surface area contributed by atoms with Crippen LogP contribution in [0, 0.1) is 11.6 Å². The SMILES string of the molecule is O=C(c1ccc2ncc(-c3ccccc3)nc2c1)c1c(F)c(F)cc(CCCNS(=O)[O-])c1Cl. The van der Waals surface area contributed by atoms with Crippen molar-refractivity contribution in [2.75, 3.05) is 6.54 Å². The molecule has 4 rings (SSSR count). The lowest BCUT2D eigenvalue weighted by atomic mass is 9.98. The van der Waals surface area contributed by atoms with Crippen LogP contribution in [0.15, 0.2) is 60.8 Å². The number of carbonyl (C=O) groups excluding carboxylic acids is 1. The molecule has 0 spiro atoms. The van der Waals surface area contributed by atoms with E-state index in [1.165, 1.54) is 12.1 Å². The summed E-state index contributed by atoms with van der Waals surface area (Å²) in [5, 5.41) is -0.212. The van der Waals surface area contributed by atoms with Crippen LogP contribution in [0.25, 0.3) is 22.3 Å². The Bertz CT molecular complexity index is 1400. The van der Waals surface area contributed by atoms with Crippen molar-refractivity contribution in [3.8, 4) is 11.3 Å². The number of nitrogens with zero attached hydrogens (tertiary/aromatic N) is 2. The molecule has 1 atom stereocenters. The average molecular weight is 501 g/mol. The summed E-state index contributed by atoms with van der Waals surface area (Å²) in [6, 6.07) is 14.8. The minimum absolute atomic E-state index is 0.0766. The monoisotopic (exact) mass is 500 g/mol. The molecule has 3 aromatic carbocycles.